The van der Waals surface area contributed by atoms with Gasteiger partial charge >= 0.3 is 0 Å². The van der Waals surface area contributed by atoms with E-state index < -0.39 is 0 Å². The van der Waals surface area contributed by atoms with Crippen LogP contribution in [0.3, 0.4) is 0 Å². The van der Waals surface area contributed by atoms with E-state index in [9.17, 15) is 0 Å². The zero-order valence-corrected chi connectivity index (χ0v) is 10.7. The lowest BCUT2D eigenvalue weighted by Gasteiger charge is -2.31. The Kier molecular flexibility index (Phi) is 5.03. The fourth-order valence-corrected chi connectivity index (χ4v) is 2.32. The summed E-state index contributed by atoms with van der Waals surface area (Å²) in [6.45, 7) is 11.2. The highest BCUT2D eigenvalue weighted by atomic mass is 15.2. The Hall–Kier alpha value is -0.120. The molecule has 3 nitrogen and oxygen atoms in total. The van der Waals surface area contributed by atoms with Crippen molar-refractivity contribution in [3.8, 4) is 0 Å². The molecule has 0 aliphatic carbocycles. The Labute approximate surface area is 94.6 Å². The van der Waals surface area contributed by atoms with Gasteiger partial charge < -0.3 is 10.6 Å². The van der Waals surface area contributed by atoms with Crippen LogP contribution in [0.5, 0.6) is 0 Å². The minimum atomic E-state index is 0.544. The largest absolute Gasteiger partial charge is 0.329 e. The van der Waals surface area contributed by atoms with Gasteiger partial charge in [0.15, 0.2) is 0 Å². The summed E-state index contributed by atoms with van der Waals surface area (Å²) in [6, 6.07) is 1.23. The molecule has 0 aromatic carbocycles. The normalized spacial score (nSPS) is 30.8. The van der Waals surface area contributed by atoms with Gasteiger partial charge in [0, 0.05) is 38.3 Å². The summed E-state index contributed by atoms with van der Waals surface area (Å²) in [4.78, 5) is 5.02. The molecule has 0 amide bonds. The average molecular weight is 213 g/mol. The molecule has 2 unspecified atom stereocenters. The average Bonchev–Trinajstić information content (AvgIpc) is 2.30. The monoisotopic (exact) mass is 213 g/mol. The van der Waals surface area contributed by atoms with Crippen LogP contribution in [-0.4, -0.2) is 55.1 Å². The molecule has 1 saturated heterocycles. The van der Waals surface area contributed by atoms with Crippen LogP contribution >= 0.6 is 0 Å². The van der Waals surface area contributed by atoms with Crippen molar-refractivity contribution in [2.45, 2.75) is 39.3 Å². The highest BCUT2D eigenvalue weighted by molar-refractivity contribution is 4.83. The molecule has 0 aromatic rings. The summed E-state index contributed by atoms with van der Waals surface area (Å²) in [7, 11) is 2.21. The highest BCUT2D eigenvalue weighted by Crippen LogP contribution is 2.14. The fraction of sp³-hybridized carbons (Fsp3) is 1.00. The van der Waals surface area contributed by atoms with E-state index in [1.165, 1.54) is 19.5 Å². The minimum absolute atomic E-state index is 0.544. The number of hydrogen-bond donors (Lipinski definition) is 1. The first-order valence-corrected chi connectivity index (χ1v) is 6.19. The first-order chi connectivity index (χ1) is 7.04. The molecule has 1 fully saturated rings. The van der Waals surface area contributed by atoms with Gasteiger partial charge in [0.05, 0.1) is 0 Å². The standard InChI is InChI=1S/C12H27N3/c1-10(2)8-15-6-5-11(3)14(4)9-12(15)7-13/h10-12H,5-9,13H2,1-4H3. The van der Waals surface area contributed by atoms with E-state index in [-0.39, 0.29) is 0 Å². The first-order valence-electron chi connectivity index (χ1n) is 6.19. The van der Waals surface area contributed by atoms with E-state index in [4.69, 9.17) is 5.73 Å². The zero-order chi connectivity index (χ0) is 11.4. The summed E-state index contributed by atoms with van der Waals surface area (Å²) >= 11 is 0. The van der Waals surface area contributed by atoms with Crippen molar-refractivity contribution in [1.29, 1.82) is 0 Å². The van der Waals surface area contributed by atoms with Gasteiger partial charge in [-0.25, -0.2) is 0 Å². The van der Waals surface area contributed by atoms with Crippen LogP contribution in [0.1, 0.15) is 27.2 Å². The van der Waals surface area contributed by atoms with Gasteiger partial charge in [0.2, 0.25) is 0 Å². The van der Waals surface area contributed by atoms with E-state index in [1.807, 2.05) is 0 Å². The lowest BCUT2D eigenvalue weighted by molar-refractivity contribution is 0.171. The number of rotatable bonds is 3. The van der Waals surface area contributed by atoms with E-state index in [1.54, 1.807) is 0 Å². The van der Waals surface area contributed by atoms with Crippen molar-refractivity contribution in [2.24, 2.45) is 11.7 Å². The second kappa shape index (κ2) is 5.83. The molecule has 0 bridgehead atoms. The second-order valence-corrected chi connectivity index (χ2v) is 5.36. The Morgan fingerprint density at radius 1 is 1.40 bits per heavy atom. The van der Waals surface area contributed by atoms with Crippen molar-refractivity contribution in [2.75, 3.05) is 33.2 Å². The van der Waals surface area contributed by atoms with Crippen molar-refractivity contribution >= 4 is 0 Å². The summed E-state index contributed by atoms with van der Waals surface area (Å²) in [5.74, 6) is 0.734. The van der Waals surface area contributed by atoms with Crippen LogP contribution in [0.4, 0.5) is 0 Å². The van der Waals surface area contributed by atoms with Crippen LogP contribution in [0, 0.1) is 5.92 Å². The second-order valence-electron chi connectivity index (χ2n) is 5.36. The Morgan fingerprint density at radius 2 is 2.07 bits per heavy atom. The van der Waals surface area contributed by atoms with E-state index in [0.717, 1.165) is 19.0 Å². The van der Waals surface area contributed by atoms with E-state index in [0.29, 0.717) is 12.1 Å². The summed E-state index contributed by atoms with van der Waals surface area (Å²) in [5, 5.41) is 0. The highest BCUT2D eigenvalue weighted by Gasteiger charge is 2.25. The quantitative estimate of drug-likeness (QED) is 0.759. The molecule has 0 saturated carbocycles. The third-order valence-corrected chi connectivity index (χ3v) is 3.47. The molecular weight excluding hydrogens is 186 g/mol. The smallest absolute Gasteiger partial charge is 0.0345 e. The predicted octanol–water partition coefficient (Wildman–Crippen LogP) is 0.996. The van der Waals surface area contributed by atoms with Gasteiger partial charge in [0.1, 0.15) is 0 Å². The molecule has 1 aliphatic rings. The molecule has 1 rings (SSSR count). The number of likely N-dealkylation sites (N-methyl/N-ethyl adjacent to an activating group) is 1. The van der Waals surface area contributed by atoms with Gasteiger partial charge in [-0.2, -0.15) is 0 Å². The lowest BCUT2D eigenvalue weighted by Crippen LogP contribution is -2.46. The molecule has 1 aliphatic heterocycles. The molecule has 2 N–H and O–H groups in total. The molecule has 1 heterocycles. The summed E-state index contributed by atoms with van der Waals surface area (Å²) < 4.78 is 0. The molecule has 0 radical (unpaired) electrons. The van der Waals surface area contributed by atoms with Crippen LogP contribution in [0.2, 0.25) is 0 Å². The van der Waals surface area contributed by atoms with Crippen LogP contribution in [0.15, 0.2) is 0 Å². The number of nitrogens with two attached hydrogens (primary N) is 1. The zero-order valence-electron chi connectivity index (χ0n) is 10.7. The van der Waals surface area contributed by atoms with Crippen LogP contribution < -0.4 is 5.73 Å². The van der Waals surface area contributed by atoms with Gasteiger partial charge in [-0.05, 0) is 26.3 Å². The Balaban J connectivity index is 2.60. The van der Waals surface area contributed by atoms with Crippen molar-refractivity contribution in [1.82, 2.24) is 9.80 Å². The van der Waals surface area contributed by atoms with Crippen molar-refractivity contribution in [3.05, 3.63) is 0 Å². The number of nitrogens with zero attached hydrogens (tertiary/aromatic N) is 2. The van der Waals surface area contributed by atoms with Crippen molar-refractivity contribution < 1.29 is 0 Å². The van der Waals surface area contributed by atoms with Gasteiger partial charge in [-0.15, -0.1) is 0 Å². The topological polar surface area (TPSA) is 32.5 Å². The SMILES string of the molecule is CC(C)CN1CCC(C)N(C)CC1CN. The van der Waals surface area contributed by atoms with E-state index >= 15 is 0 Å². The summed E-state index contributed by atoms with van der Waals surface area (Å²) in [5.41, 5.74) is 5.88. The molecule has 2 atom stereocenters. The molecular formula is C12H27N3. The Morgan fingerprint density at radius 3 is 2.60 bits per heavy atom. The van der Waals surface area contributed by atoms with E-state index in [2.05, 4.69) is 37.6 Å². The molecule has 0 aromatic heterocycles. The van der Waals surface area contributed by atoms with Crippen LogP contribution in [0.25, 0.3) is 0 Å². The maximum atomic E-state index is 5.88. The van der Waals surface area contributed by atoms with Crippen molar-refractivity contribution in [3.63, 3.8) is 0 Å². The Bertz CT molecular complexity index is 182. The van der Waals surface area contributed by atoms with Crippen LogP contribution in [-0.2, 0) is 0 Å². The summed E-state index contributed by atoms with van der Waals surface area (Å²) in [6.07, 6.45) is 1.26. The fourth-order valence-electron chi connectivity index (χ4n) is 2.32. The first kappa shape index (κ1) is 12.9. The molecule has 3 heteroatoms. The number of hydrogen-bond acceptors (Lipinski definition) is 3. The maximum Gasteiger partial charge on any atom is 0.0345 e. The predicted molar refractivity (Wildman–Crippen MR) is 66.0 cm³/mol. The van der Waals surface area contributed by atoms with Gasteiger partial charge in [0.25, 0.3) is 0 Å². The molecule has 15 heavy (non-hydrogen) atoms. The third-order valence-electron chi connectivity index (χ3n) is 3.47. The molecule has 90 valence electrons. The van der Waals surface area contributed by atoms with Gasteiger partial charge in [-0.1, -0.05) is 13.8 Å². The maximum absolute atomic E-state index is 5.88. The lowest BCUT2D eigenvalue weighted by atomic mass is 10.1. The minimum Gasteiger partial charge on any atom is -0.329 e. The molecule has 0 spiro atoms. The van der Waals surface area contributed by atoms with Gasteiger partial charge in [-0.3, -0.25) is 4.90 Å². The third kappa shape index (κ3) is 3.74.